The van der Waals surface area contributed by atoms with E-state index in [4.69, 9.17) is 9.47 Å². The Kier molecular flexibility index (Phi) is 3.99. The monoisotopic (exact) mass is 312 g/mol. The third-order valence-corrected chi connectivity index (χ3v) is 4.35. The van der Waals surface area contributed by atoms with Crippen LogP contribution >= 0.6 is 0 Å². The Labute approximate surface area is 135 Å². The first-order valence-electron chi connectivity index (χ1n) is 7.65. The van der Waals surface area contributed by atoms with E-state index in [9.17, 15) is 9.90 Å². The van der Waals surface area contributed by atoms with Crippen LogP contribution in [0, 0.1) is 20.8 Å². The Morgan fingerprint density at radius 1 is 1.09 bits per heavy atom. The molecule has 1 atom stereocenters. The molecule has 0 saturated heterocycles. The number of carboxylic acids is 1. The SMILES string of the molecule is Cc1cc(C)c(CC(C(=O)O)c2ccc3c(c2)OCO3)c(C)c1. The van der Waals surface area contributed by atoms with E-state index in [0.29, 0.717) is 17.9 Å². The largest absolute Gasteiger partial charge is 0.481 e. The predicted molar refractivity (Wildman–Crippen MR) is 87.3 cm³/mol. The first-order valence-corrected chi connectivity index (χ1v) is 7.65. The summed E-state index contributed by atoms with van der Waals surface area (Å²) in [6.45, 7) is 6.31. The normalized spacial score (nSPS) is 13.9. The van der Waals surface area contributed by atoms with E-state index in [1.165, 1.54) is 5.56 Å². The van der Waals surface area contributed by atoms with Gasteiger partial charge in [-0.05, 0) is 61.6 Å². The number of aliphatic carboxylic acids is 1. The molecule has 2 aromatic rings. The molecule has 1 aliphatic rings. The highest BCUT2D eigenvalue weighted by molar-refractivity contribution is 5.77. The van der Waals surface area contributed by atoms with Crippen LogP contribution in [0.2, 0.25) is 0 Å². The van der Waals surface area contributed by atoms with Crippen LogP contribution in [0.1, 0.15) is 33.7 Å². The fraction of sp³-hybridized carbons (Fsp3) is 0.316. The standard InChI is InChI=1S/C19H20O4/c1-11-6-12(2)15(13(3)7-11)9-16(19(20)21)14-4-5-17-18(8-14)23-10-22-17/h4-8,16H,9-10H2,1-3H3,(H,20,21). The van der Waals surface area contributed by atoms with E-state index in [1.807, 2.05) is 19.9 Å². The molecule has 4 nitrogen and oxygen atoms in total. The summed E-state index contributed by atoms with van der Waals surface area (Å²) in [6.07, 6.45) is 0.465. The molecular weight excluding hydrogens is 292 g/mol. The molecule has 0 aliphatic carbocycles. The quantitative estimate of drug-likeness (QED) is 0.934. The Hall–Kier alpha value is -2.49. The predicted octanol–water partition coefficient (Wildman–Crippen LogP) is 3.75. The molecular formula is C19H20O4. The second-order valence-electron chi connectivity index (χ2n) is 6.08. The van der Waals surface area contributed by atoms with Crippen LogP contribution in [-0.2, 0) is 11.2 Å². The maximum atomic E-state index is 11.8. The lowest BCUT2D eigenvalue weighted by atomic mass is 9.87. The molecule has 0 bridgehead atoms. The van der Waals surface area contributed by atoms with Crippen molar-refractivity contribution in [2.75, 3.05) is 6.79 Å². The number of rotatable bonds is 4. The lowest BCUT2D eigenvalue weighted by Gasteiger charge is -2.17. The zero-order valence-corrected chi connectivity index (χ0v) is 13.6. The minimum Gasteiger partial charge on any atom is -0.481 e. The van der Waals surface area contributed by atoms with Gasteiger partial charge in [0, 0.05) is 0 Å². The summed E-state index contributed by atoms with van der Waals surface area (Å²) >= 11 is 0. The van der Waals surface area contributed by atoms with Gasteiger partial charge in [0.05, 0.1) is 5.92 Å². The maximum absolute atomic E-state index is 11.8. The highest BCUT2D eigenvalue weighted by atomic mass is 16.7. The minimum absolute atomic E-state index is 0.187. The van der Waals surface area contributed by atoms with Crippen LogP contribution in [0.3, 0.4) is 0 Å². The number of ether oxygens (including phenoxy) is 2. The van der Waals surface area contributed by atoms with Crippen LogP contribution in [0.15, 0.2) is 30.3 Å². The lowest BCUT2D eigenvalue weighted by molar-refractivity contribution is -0.138. The van der Waals surface area contributed by atoms with Crippen molar-refractivity contribution in [3.8, 4) is 11.5 Å². The van der Waals surface area contributed by atoms with Crippen molar-refractivity contribution in [3.63, 3.8) is 0 Å². The van der Waals surface area contributed by atoms with Crippen LogP contribution in [0.25, 0.3) is 0 Å². The van der Waals surface area contributed by atoms with Crippen molar-refractivity contribution in [3.05, 3.63) is 58.1 Å². The van der Waals surface area contributed by atoms with Gasteiger partial charge in [-0.15, -0.1) is 0 Å². The summed E-state index contributed by atoms with van der Waals surface area (Å²) in [6, 6.07) is 9.56. The number of carboxylic acid groups (broad SMARTS) is 1. The minimum atomic E-state index is -0.830. The van der Waals surface area contributed by atoms with E-state index in [1.54, 1.807) is 12.1 Å². The summed E-state index contributed by atoms with van der Waals surface area (Å²) in [5.41, 5.74) is 5.30. The van der Waals surface area contributed by atoms with Crippen LogP contribution in [-0.4, -0.2) is 17.9 Å². The van der Waals surface area contributed by atoms with Crippen molar-refractivity contribution in [1.29, 1.82) is 0 Å². The zero-order chi connectivity index (χ0) is 16.6. The fourth-order valence-corrected chi connectivity index (χ4v) is 3.21. The summed E-state index contributed by atoms with van der Waals surface area (Å²) < 4.78 is 10.7. The van der Waals surface area contributed by atoms with Crippen molar-refractivity contribution in [2.24, 2.45) is 0 Å². The molecule has 0 saturated carbocycles. The van der Waals surface area contributed by atoms with Crippen LogP contribution in [0.4, 0.5) is 0 Å². The molecule has 1 unspecified atom stereocenters. The van der Waals surface area contributed by atoms with Gasteiger partial charge in [-0.2, -0.15) is 0 Å². The molecule has 0 aromatic heterocycles. The van der Waals surface area contributed by atoms with Gasteiger partial charge in [-0.25, -0.2) is 0 Å². The third kappa shape index (κ3) is 3.02. The van der Waals surface area contributed by atoms with Gasteiger partial charge in [-0.3, -0.25) is 4.79 Å². The van der Waals surface area contributed by atoms with E-state index in [2.05, 4.69) is 19.1 Å². The molecule has 120 valence electrons. The fourth-order valence-electron chi connectivity index (χ4n) is 3.21. The van der Waals surface area contributed by atoms with Crippen molar-refractivity contribution < 1.29 is 19.4 Å². The number of carbonyl (C=O) groups is 1. The van der Waals surface area contributed by atoms with Crippen molar-refractivity contribution in [2.45, 2.75) is 33.1 Å². The molecule has 1 N–H and O–H groups in total. The number of hydrogen-bond donors (Lipinski definition) is 1. The molecule has 3 rings (SSSR count). The van der Waals surface area contributed by atoms with E-state index >= 15 is 0 Å². The number of hydrogen-bond acceptors (Lipinski definition) is 3. The van der Waals surface area contributed by atoms with Crippen molar-refractivity contribution >= 4 is 5.97 Å². The van der Waals surface area contributed by atoms with Crippen LogP contribution < -0.4 is 9.47 Å². The third-order valence-electron chi connectivity index (χ3n) is 4.35. The molecule has 2 aromatic carbocycles. The molecule has 1 aliphatic heterocycles. The summed E-state index contributed by atoms with van der Waals surface area (Å²) in [5.74, 6) is -0.153. The van der Waals surface area contributed by atoms with Crippen LogP contribution in [0.5, 0.6) is 11.5 Å². The van der Waals surface area contributed by atoms with Gasteiger partial charge in [-0.1, -0.05) is 23.8 Å². The molecule has 0 amide bonds. The second-order valence-corrected chi connectivity index (χ2v) is 6.08. The molecule has 4 heteroatoms. The summed E-state index contributed by atoms with van der Waals surface area (Å²) in [4.78, 5) is 11.8. The Bertz CT molecular complexity index is 741. The smallest absolute Gasteiger partial charge is 0.311 e. The average Bonchev–Trinajstić information content (AvgIpc) is 2.93. The number of aryl methyl sites for hydroxylation is 3. The first-order chi connectivity index (χ1) is 11.0. The molecule has 23 heavy (non-hydrogen) atoms. The van der Waals surface area contributed by atoms with E-state index in [-0.39, 0.29) is 6.79 Å². The lowest BCUT2D eigenvalue weighted by Crippen LogP contribution is -2.16. The van der Waals surface area contributed by atoms with E-state index < -0.39 is 11.9 Å². The highest BCUT2D eigenvalue weighted by Gasteiger charge is 2.24. The van der Waals surface area contributed by atoms with Gasteiger partial charge in [0.1, 0.15) is 0 Å². The molecule has 0 radical (unpaired) electrons. The molecule has 1 heterocycles. The van der Waals surface area contributed by atoms with E-state index in [0.717, 1.165) is 22.3 Å². The van der Waals surface area contributed by atoms with Gasteiger partial charge in [0.2, 0.25) is 6.79 Å². The van der Waals surface area contributed by atoms with Gasteiger partial charge in [0.25, 0.3) is 0 Å². The van der Waals surface area contributed by atoms with Crippen molar-refractivity contribution in [1.82, 2.24) is 0 Å². The Morgan fingerprint density at radius 3 is 2.39 bits per heavy atom. The van der Waals surface area contributed by atoms with Gasteiger partial charge in [0.15, 0.2) is 11.5 Å². The summed E-state index contributed by atoms with van der Waals surface area (Å²) in [7, 11) is 0. The topological polar surface area (TPSA) is 55.8 Å². The maximum Gasteiger partial charge on any atom is 0.311 e. The first kappa shape index (κ1) is 15.4. The number of fused-ring (bicyclic) bond motifs is 1. The summed E-state index contributed by atoms with van der Waals surface area (Å²) in [5, 5.41) is 9.70. The Balaban J connectivity index is 1.96. The molecule has 0 fully saturated rings. The highest BCUT2D eigenvalue weighted by Crippen LogP contribution is 2.36. The van der Waals surface area contributed by atoms with Gasteiger partial charge < -0.3 is 14.6 Å². The molecule has 0 spiro atoms. The number of benzene rings is 2. The van der Waals surface area contributed by atoms with Gasteiger partial charge >= 0.3 is 5.97 Å². The average molecular weight is 312 g/mol. The zero-order valence-electron chi connectivity index (χ0n) is 13.6. The second kappa shape index (κ2) is 5.95. The Morgan fingerprint density at radius 2 is 1.74 bits per heavy atom.